The molecule has 0 aliphatic carbocycles. The van der Waals surface area contributed by atoms with Gasteiger partial charge in [-0.2, -0.15) is 0 Å². The molecule has 1 aliphatic heterocycles. The second-order valence-electron chi connectivity index (χ2n) is 6.84. The lowest BCUT2D eigenvalue weighted by atomic mass is 10.1. The standard InChI is InChI=1S/C21H22N2O5S/c1-27-21(24)20-14-18-16(15-22-10-12-28-13-11-22)6-5-9-19(18)23(20)29(25,26)17-7-3-2-4-8-17/h2-9,14H,10-13,15H2,1H3. The topological polar surface area (TPSA) is 77.8 Å². The zero-order valence-electron chi connectivity index (χ0n) is 16.1. The van der Waals surface area contributed by atoms with Gasteiger partial charge in [0.15, 0.2) is 0 Å². The van der Waals surface area contributed by atoms with Crippen LogP contribution in [0.4, 0.5) is 0 Å². The maximum Gasteiger partial charge on any atom is 0.355 e. The summed E-state index contributed by atoms with van der Waals surface area (Å²) < 4.78 is 38.1. The Kier molecular flexibility index (Phi) is 5.40. The highest BCUT2D eigenvalue weighted by atomic mass is 32.2. The molecule has 1 aliphatic rings. The molecule has 0 amide bonds. The fourth-order valence-corrected chi connectivity index (χ4v) is 5.13. The Bertz CT molecular complexity index is 1130. The summed E-state index contributed by atoms with van der Waals surface area (Å²) in [5, 5.41) is 0.721. The molecular formula is C21H22N2O5S. The van der Waals surface area contributed by atoms with Gasteiger partial charge in [0.25, 0.3) is 10.0 Å². The van der Waals surface area contributed by atoms with Gasteiger partial charge in [-0.05, 0) is 29.8 Å². The second-order valence-corrected chi connectivity index (χ2v) is 8.63. The number of rotatable bonds is 5. The van der Waals surface area contributed by atoms with Crippen LogP contribution in [0.3, 0.4) is 0 Å². The SMILES string of the molecule is COC(=O)c1cc2c(CN3CCOCC3)cccc2n1S(=O)(=O)c1ccccc1. The average Bonchev–Trinajstić information content (AvgIpc) is 3.16. The van der Waals surface area contributed by atoms with E-state index >= 15 is 0 Å². The van der Waals surface area contributed by atoms with Crippen molar-refractivity contribution in [3.63, 3.8) is 0 Å². The minimum Gasteiger partial charge on any atom is -0.464 e. The van der Waals surface area contributed by atoms with Gasteiger partial charge < -0.3 is 9.47 Å². The number of hydrogen-bond acceptors (Lipinski definition) is 6. The molecule has 2 aromatic carbocycles. The first-order valence-corrected chi connectivity index (χ1v) is 10.8. The second kappa shape index (κ2) is 7.98. The molecule has 1 saturated heterocycles. The Morgan fingerprint density at radius 3 is 2.48 bits per heavy atom. The number of fused-ring (bicyclic) bond motifs is 1. The third-order valence-corrected chi connectivity index (χ3v) is 6.81. The zero-order chi connectivity index (χ0) is 20.4. The van der Waals surface area contributed by atoms with E-state index in [2.05, 4.69) is 4.90 Å². The lowest BCUT2D eigenvalue weighted by Gasteiger charge is -2.26. The van der Waals surface area contributed by atoms with Gasteiger partial charge in [-0.15, -0.1) is 0 Å². The molecule has 4 rings (SSSR count). The normalized spacial score (nSPS) is 15.5. The van der Waals surface area contributed by atoms with Gasteiger partial charge in [0, 0.05) is 25.0 Å². The highest BCUT2D eigenvalue weighted by molar-refractivity contribution is 7.90. The maximum absolute atomic E-state index is 13.4. The summed E-state index contributed by atoms with van der Waals surface area (Å²) in [7, 11) is -2.73. The molecule has 2 heterocycles. The van der Waals surface area contributed by atoms with Crippen molar-refractivity contribution < 1.29 is 22.7 Å². The van der Waals surface area contributed by atoms with Crippen LogP contribution in [0.15, 0.2) is 59.5 Å². The molecule has 0 radical (unpaired) electrons. The van der Waals surface area contributed by atoms with Gasteiger partial charge in [-0.3, -0.25) is 4.90 Å². The Labute approximate surface area is 169 Å². The zero-order valence-corrected chi connectivity index (χ0v) is 16.9. The van der Waals surface area contributed by atoms with Gasteiger partial charge in [0.05, 0.1) is 30.7 Å². The van der Waals surface area contributed by atoms with E-state index in [9.17, 15) is 13.2 Å². The lowest BCUT2D eigenvalue weighted by Crippen LogP contribution is -2.35. The molecule has 1 fully saturated rings. The molecule has 1 aromatic heterocycles. The van der Waals surface area contributed by atoms with Crippen LogP contribution in [0.2, 0.25) is 0 Å². The van der Waals surface area contributed by atoms with Crippen LogP contribution in [-0.4, -0.2) is 56.7 Å². The highest BCUT2D eigenvalue weighted by Crippen LogP contribution is 2.29. The molecule has 3 aromatic rings. The number of nitrogens with zero attached hydrogens (tertiary/aromatic N) is 2. The summed E-state index contributed by atoms with van der Waals surface area (Å²) in [6.45, 7) is 3.61. The number of aromatic nitrogens is 1. The molecule has 0 bridgehead atoms. The molecule has 0 N–H and O–H groups in total. The predicted molar refractivity (Wildman–Crippen MR) is 108 cm³/mol. The van der Waals surface area contributed by atoms with Crippen molar-refractivity contribution in [2.45, 2.75) is 11.4 Å². The maximum atomic E-state index is 13.4. The van der Waals surface area contributed by atoms with Gasteiger partial charge in [-0.25, -0.2) is 17.2 Å². The van der Waals surface area contributed by atoms with Crippen LogP contribution >= 0.6 is 0 Å². The molecule has 152 valence electrons. The van der Waals surface area contributed by atoms with Crippen LogP contribution in [0.5, 0.6) is 0 Å². The van der Waals surface area contributed by atoms with Gasteiger partial charge in [0.2, 0.25) is 0 Å². The van der Waals surface area contributed by atoms with Crippen LogP contribution in [0.1, 0.15) is 16.1 Å². The van der Waals surface area contributed by atoms with Crippen molar-refractivity contribution in [1.29, 1.82) is 0 Å². The summed E-state index contributed by atoms with van der Waals surface area (Å²) in [5.41, 5.74) is 1.40. The lowest BCUT2D eigenvalue weighted by molar-refractivity contribution is 0.0344. The third-order valence-electron chi connectivity index (χ3n) is 5.07. The summed E-state index contributed by atoms with van der Waals surface area (Å²) in [5.74, 6) is -0.696. The average molecular weight is 414 g/mol. The van der Waals surface area contributed by atoms with Crippen LogP contribution in [-0.2, 0) is 26.0 Å². The number of ether oxygens (including phenoxy) is 2. The molecule has 7 nitrogen and oxygen atoms in total. The van der Waals surface area contributed by atoms with E-state index in [0.29, 0.717) is 25.3 Å². The first-order chi connectivity index (χ1) is 14.0. The largest absolute Gasteiger partial charge is 0.464 e. The molecule has 0 saturated carbocycles. The molecular weight excluding hydrogens is 392 g/mol. The van der Waals surface area contributed by atoms with Crippen molar-refractivity contribution in [2.75, 3.05) is 33.4 Å². The molecule has 0 spiro atoms. The summed E-state index contributed by atoms with van der Waals surface area (Å²) in [4.78, 5) is 14.8. The van der Waals surface area contributed by atoms with Crippen molar-refractivity contribution in [3.05, 3.63) is 65.9 Å². The third kappa shape index (κ3) is 3.66. The van der Waals surface area contributed by atoms with Crippen LogP contribution in [0, 0.1) is 0 Å². The highest BCUT2D eigenvalue weighted by Gasteiger charge is 2.28. The Balaban J connectivity index is 1.89. The number of morpholine rings is 1. The van der Waals surface area contributed by atoms with E-state index < -0.39 is 16.0 Å². The number of esters is 1. The van der Waals surface area contributed by atoms with Gasteiger partial charge in [0.1, 0.15) is 5.69 Å². The molecule has 29 heavy (non-hydrogen) atoms. The summed E-state index contributed by atoms with van der Waals surface area (Å²) in [6, 6.07) is 15.2. The van der Waals surface area contributed by atoms with Gasteiger partial charge >= 0.3 is 5.97 Å². The molecule has 8 heteroatoms. The monoisotopic (exact) mass is 414 g/mol. The Hall–Kier alpha value is -2.68. The Morgan fingerprint density at radius 1 is 1.07 bits per heavy atom. The van der Waals surface area contributed by atoms with Crippen molar-refractivity contribution in [3.8, 4) is 0 Å². The van der Waals surface area contributed by atoms with Crippen LogP contribution < -0.4 is 0 Å². The van der Waals surface area contributed by atoms with E-state index in [0.717, 1.165) is 28.0 Å². The van der Waals surface area contributed by atoms with E-state index in [-0.39, 0.29) is 10.6 Å². The smallest absolute Gasteiger partial charge is 0.355 e. The summed E-state index contributed by atoms with van der Waals surface area (Å²) in [6.07, 6.45) is 0. The Morgan fingerprint density at radius 2 is 1.79 bits per heavy atom. The quantitative estimate of drug-likeness (QED) is 0.597. The van der Waals surface area contributed by atoms with Crippen molar-refractivity contribution >= 4 is 26.9 Å². The van der Waals surface area contributed by atoms with Crippen molar-refractivity contribution in [2.24, 2.45) is 0 Å². The van der Waals surface area contributed by atoms with E-state index in [1.807, 2.05) is 12.1 Å². The number of hydrogen-bond donors (Lipinski definition) is 0. The minimum absolute atomic E-state index is 0.0132. The minimum atomic E-state index is -3.98. The number of carbonyl (C=O) groups is 1. The van der Waals surface area contributed by atoms with Crippen molar-refractivity contribution in [1.82, 2.24) is 8.87 Å². The predicted octanol–water partition coefficient (Wildman–Crippen LogP) is 2.50. The molecule has 0 atom stereocenters. The first-order valence-electron chi connectivity index (χ1n) is 9.35. The van der Waals surface area contributed by atoms with E-state index in [1.165, 1.54) is 19.2 Å². The van der Waals surface area contributed by atoms with E-state index in [4.69, 9.17) is 9.47 Å². The van der Waals surface area contributed by atoms with Gasteiger partial charge in [-0.1, -0.05) is 30.3 Å². The fourth-order valence-electron chi connectivity index (χ4n) is 3.61. The number of carbonyl (C=O) groups excluding carboxylic acids is 1. The molecule has 0 unspecified atom stereocenters. The number of methoxy groups -OCH3 is 1. The fraction of sp³-hybridized carbons (Fsp3) is 0.286. The van der Waals surface area contributed by atoms with Crippen LogP contribution in [0.25, 0.3) is 10.9 Å². The van der Waals surface area contributed by atoms with E-state index in [1.54, 1.807) is 30.3 Å². The number of benzene rings is 2. The summed E-state index contributed by atoms with van der Waals surface area (Å²) >= 11 is 0. The first kappa shape index (κ1) is 19.6.